The van der Waals surface area contributed by atoms with Crippen molar-refractivity contribution in [2.45, 2.75) is 32.4 Å². The third kappa shape index (κ3) is 3.62. The lowest BCUT2D eigenvalue weighted by Gasteiger charge is -2.40. The minimum absolute atomic E-state index is 0.617. The van der Waals surface area contributed by atoms with Gasteiger partial charge in [0, 0.05) is 32.7 Å². The highest BCUT2D eigenvalue weighted by Gasteiger charge is 2.32. The van der Waals surface area contributed by atoms with Crippen molar-refractivity contribution in [3.63, 3.8) is 0 Å². The van der Waals surface area contributed by atoms with Gasteiger partial charge in [0.1, 0.15) is 6.07 Å². The normalized spacial score (nSPS) is 17.6. The van der Waals surface area contributed by atoms with Crippen LogP contribution in [-0.4, -0.2) is 37.7 Å². The molecule has 1 aliphatic carbocycles. The van der Waals surface area contributed by atoms with Crippen LogP contribution in [0.15, 0.2) is 54.6 Å². The van der Waals surface area contributed by atoms with Gasteiger partial charge in [-0.25, -0.2) is 0 Å². The molecule has 2 heterocycles. The summed E-state index contributed by atoms with van der Waals surface area (Å²) in [6, 6.07) is 22.2. The van der Waals surface area contributed by atoms with Crippen LogP contribution in [0, 0.1) is 11.3 Å². The summed E-state index contributed by atoms with van der Waals surface area (Å²) >= 11 is 0. The second-order valence-electron chi connectivity index (χ2n) is 9.35. The minimum Gasteiger partial charge on any atom is -0.376 e. The van der Waals surface area contributed by atoms with Crippen molar-refractivity contribution in [1.29, 1.82) is 5.26 Å². The van der Waals surface area contributed by atoms with E-state index in [2.05, 4.69) is 70.5 Å². The van der Waals surface area contributed by atoms with Gasteiger partial charge in [-0.15, -0.1) is 0 Å². The Balaban J connectivity index is 1.39. The molecule has 1 saturated heterocycles. The van der Waals surface area contributed by atoms with Gasteiger partial charge in [-0.1, -0.05) is 54.6 Å². The van der Waals surface area contributed by atoms with Crippen LogP contribution in [0.4, 0.5) is 5.69 Å². The summed E-state index contributed by atoms with van der Waals surface area (Å²) in [7, 11) is 0. The Bertz CT molecular complexity index is 1220. The second kappa shape index (κ2) is 8.67. The molecule has 3 aromatic carbocycles. The van der Waals surface area contributed by atoms with E-state index in [0.717, 1.165) is 57.5 Å². The van der Waals surface area contributed by atoms with E-state index in [1.165, 1.54) is 44.6 Å². The van der Waals surface area contributed by atoms with Crippen LogP contribution < -0.4 is 4.90 Å². The molecule has 1 fully saturated rings. The average molecular weight is 436 g/mol. The Kier molecular flexibility index (Phi) is 5.38. The van der Waals surface area contributed by atoms with Crippen LogP contribution in [0.2, 0.25) is 0 Å². The van der Waals surface area contributed by atoms with Crippen molar-refractivity contribution in [3.05, 3.63) is 88.0 Å². The molecular formula is C29H29N3O. The molecular weight excluding hydrogens is 406 g/mol. The fraction of sp³-hybridized carbons (Fsp3) is 0.345. The predicted molar refractivity (Wildman–Crippen MR) is 131 cm³/mol. The Morgan fingerprint density at radius 1 is 0.818 bits per heavy atom. The van der Waals surface area contributed by atoms with Crippen molar-refractivity contribution < 1.29 is 4.74 Å². The Labute approximate surface area is 196 Å². The van der Waals surface area contributed by atoms with Crippen LogP contribution in [0.25, 0.3) is 11.1 Å². The number of fused-ring (bicyclic) bond motifs is 5. The fourth-order valence-corrected chi connectivity index (χ4v) is 5.93. The first-order valence-electron chi connectivity index (χ1n) is 12.1. The standard InChI is InChI=1S/C29H29N3O/c30-18-26-24-12-17-33-20-27(24)28-23-9-5-4-8-22(23)10-11-25(28)29(26)32-15-13-31(14-16-32)19-21-6-2-1-3-7-21/h1-9H,10-17,19-20H2. The van der Waals surface area contributed by atoms with Gasteiger partial charge in [0.05, 0.1) is 24.5 Å². The van der Waals surface area contributed by atoms with Crippen molar-refractivity contribution in [1.82, 2.24) is 4.90 Å². The molecule has 4 nitrogen and oxygen atoms in total. The van der Waals surface area contributed by atoms with Gasteiger partial charge >= 0.3 is 0 Å². The van der Waals surface area contributed by atoms with E-state index in [1.54, 1.807) is 0 Å². The molecule has 0 N–H and O–H groups in total. The van der Waals surface area contributed by atoms with Gasteiger partial charge < -0.3 is 9.64 Å². The number of piperazine rings is 1. The Hall–Kier alpha value is -3.13. The highest BCUT2D eigenvalue weighted by molar-refractivity contribution is 5.86. The van der Waals surface area contributed by atoms with Crippen molar-refractivity contribution in [3.8, 4) is 17.2 Å². The Morgan fingerprint density at radius 2 is 1.61 bits per heavy atom. The molecule has 0 saturated carbocycles. The molecule has 2 aliphatic heterocycles. The van der Waals surface area contributed by atoms with E-state index in [0.29, 0.717) is 13.2 Å². The zero-order chi connectivity index (χ0) is 22.2. The summed E-state index contributed by atoms with van der Waals surface area (Å²) in [6.07, 6.45) is 2.86. The van der Waals surface area contributed by atoms with Gasteiger partial charge in [0.15, 0.2) is 0 Å². The molecule has 0 bridgehead atoms. The maximum atomic E-state index is 10.3. The molecule has 0 aromatic heterocycles. The molecule has 0 unspecified atom stereocenters. The van der Waals surface area contributed by atoms with E-state index in [-0.39, 0.29) is 0 Å². The number of benzene rings is 3. The molecule has 6 rings (SSSR count). The molecule has 4 heteroatoms. The van der Waals surface area contributed by atoms with E-state index in [1.807, 2.05) is 0 Å². The zero-order valence-corrected chi connectivity index (χ0v) is 19.0. The average Bonchev–Trinajstić information content (AvgIpc) is 2.88. The predicted octanol–water partition coefficient (Wildman–Crippen LogP) is 4.72. The number of aryl methyl sites for hydroxylation is 1. The van der Waals surface area contributed by atoms with E-state index < -0.39 is 0 Å². The number of nitriles is 1. The number of hydrogen-bond acceptors (Lipinski definition) is 4. The van der Waals surface area contributed by atoms with Gasteiger partial charge in [0.25, 0.3) is 0 Å². The first-order chi connectivity index (χ1) is 16.3. The lowest BCUT2D eigenvalue weighted by Crippen LogP contribution is -2.46. The smallest absolute Gasteiger partial charge is 0.102 e. The number of nitrogens with zero attached hydrogens (tertiary/aromatic N) is 3. The highest BCUT2D eigenvalue weighted by atomic mass is 16.5. The largest absolute Gasteiger partial charge is 0.376 e. The van der Waals surface area contributed by atoms with Gasteiger partial charge in [-0.05, 0) is 58.2 Å². The maximum absolute atomic E-state index is 10.3. The van der Waals surface area contributed by atoms with E-state index in [9.17, 15) is 5.26 Å². The molecule has 166 valence electrons. The monoisotopic (exact) mass is 435 g/mol. The van der Waals surface area contributed by atoms with Crippen LogP contribution in [-0.2, 0) is 37.2 Å². The zero-order valence-electron chi connectivity index (χ0n) is 19.0. The van der Waals surface area contributed by atoms with Crippen molar-refractivity contribution in [2.24, 2.45) is 0 Å². The maximum Gasteiger partial charge on any atom is 0.102 e. The molecule has 0 radical (unpaired) electrons. The number of ether oxygens (including phenoxy) is 1. The summed E-state index contributed by atoms with van der Waals surface area (Å²) in [4.78, 5) is 5.04. The first-order valence-corrected chi connectivity index (χ1v) is 12.1. The van der Waals surface area contributed by atoms with Gasteiger partial charge in [0.2, 0.25) is 0 Å². The number of anilines is 1. The van der Waals surface area contributed by atoms with Crippen LogP contribution in [0.5, 0.6) is 0 Å². The number of rotatable bonds is 3. The van der Waals surface area contributed by atoms with E-state index >= 15 is 0 Å². The van der Waals surface area contributed by atoms with Crippen molar-refractivity contribution in [2.75, 3.05) is 37.7 Å². The molecule has 0 spiro atoms. The first kappa shape index (κ1) is 20.5. The van der Waals surface area contributed by atoms with Crippen LogP contribution >= 0.6 is 0 Å². The SMILES string of the molecule is N#Cc1c2c(c3c(c1N1CCN(Cc4ccccc4)CC1)CCc1ccccc1-3)COCC2. The third-order valence-corrected chi connectivity index (χ3v) is 7.52. The third-order valence-electron chi connectivity index (χ3n) is 7.52. The minimum atomic E-state index is 0.617. The summed E-state index contributed by atoms with van der Waals surface area (Å²) in [5, 5.41) is 10.3. The number of hydrogen-bond donors (Lipinski definition) is 0. The fourth-order valence-electron chi connectivity index (χ4n) is 5.93. The molecule has 0 atom stereocenters. The second-order valence-corrected chi connectivity index (χ2v) is 9.35. The molecule has 3 aliphatic rings. The summed E-state index contributed by atoms with van der Waals surface area (Å²) in [5.74, 6) is 0. The van der Waals surface area contributed by atoms with Crippen molar-refractivity contribution >= 4 is 5.69 Å². The lowest BCUT2D eigenvalue weighted by atomic mass is 9.77. The van der Waals surface area contributed by atoms with Crippen LogP contribution in [0.1, 0.15) is 33.4 Å². The summed E-state index contributed by atoms with van der Waals surface area (Å²) < 4.78 is 5.90. The molecule has 0 amide bonds. The summed E-state index contributed by atoms with van der Waals surface area (Å²) in [5.41, 5.74) is 11.4. The summed E-state index contributed by atoms with van der Waals surface area (Å²) in [6.45, 7) is 6.28. The van der Waals surface area contributed by atoms with Gasteiger partial charge in [-0.2, -0.15) is 5.26 Å². The molecule has 3 aromatic rings. The highest BCUT2D eigenvalue weighted by Crippen LogP contribution is 2.46. The van der Waals surface area contributed by atoms with E-state index in [4.69, 9.17) is 4.74 Å². The van der Waals surface area contributed by atoms with Crippen LogP contribution in [0.3, 0.4) is 0 Å². The topological polar surface area (TPSA) is 39.5 Å². The van der Waals surface area contributed by atoms with Gasteiger partial charge in [-0.3, -0.25) is 4.90 Å². The Morgan fingerprint density at radius 3 is 2.42 bits per heavy atom. The molecule has 33 heavy (non-hydrogen) atoms. The lowest BCUT2D eigenvalue weighted by molar-refractivity contribution is 0.111. The quantitative estimate of drug-likeness (QED) is 0.597.